The van der Waals surface area contributed by atoms with Crippen LogP contribution in [0.4, 0.5) is 0 Å². The molecule has 2 rings (SSSR count). The molecule has 5 heteroatoms. The minimum absolute atomic E-state index is 0.00493. The van der Waals surface area contributed by atoms with Crippen molar-refractivity contribution in [2.75, 3.05) is 7.11 Å². The Kier molecular flexibility index (Phi) is 6.56. The Labute approximate surface area is 141 Å². The summed E-state index contributed by atoms with van der Waals surface area (Å²) >= 11 is 5.91. The smallest absolute Gasteiger partial charge is 0.220 e. The number of benzene rings is 1. The average molecular weight is 333 g/mol. The maximum atomic E-state index is 12.1. The maximum Gasteiger partial charge on any atom is 0.220 e. The summed E-state index contributed by atoms with van der Waals surface area (Å²) in [5.74, 6) is 0.00493. The number of carbonyl (C=O) groups excluding carboxylic acids is 1. The molecule has 1 aromatic carbocycles. The van der Waals surface area contributed by atoms with E-state index in [-0.39, 0.29) is 18.1 Å². The SMILES string of the molecule is CO[C@@H](c1ccc(Cl)cc1)[C@@H](C)NC(=O)CCc1ccncc1. The highest BCUT2D eigenvalue weighted by atomic mass is 35.5. The number of amides is 1. The minimum Gasteiger partial charge on any atom is -0.375 e. The van der Waals surface area contributed by atoms with Crippen LogP contribution in [-0.4, -0.2) is 24.0 Å². The molecule has 0 aliphatic carbocycles. The predicted octanol–water partition coefficient (Wildman–Crippen LogP) is 3.56. The van der Waals surface area contributed by atoms with Crippen molar-refractivity contribution in [1.29, 1.82) is 0 Å². The third-order valence-electron chi connectivity index (χ3n) is 3.69. The quantitative estimate of drug-likeness (QED) is 0.843. The molecule has 1 aromatic heterocycles. The highest BCUT2D eigenvalue weighted by Gasteiger charge is 2.20. The van der Waals surface area contributed by atoms with Gasteiger partial charge in [-0.05, 0) is 48.7 Å². The molecule has 1 amide bonds. The van der Waals surface area contributed by atoms with Crippen molar-refractivity contribution >= 4 is 17.5 Å². The lowest BCUT2D eigenvalue weighted by Crippen LogP contribution is -2.37. The number of aryl methyl sites for hydroxylation is 1. The van der Waals surface area contributed by atoms with E-state index >= 15 is 0 Å². The van der Waals surface area contributed by atoms with E-state index in [0.717, 1.165) is 11.1 Å². The maximum absolute atomic E-state index is 12.1. The second-order valence-corrected chi connectivity index (χ2v) is 5.86. The fourth-order valence-electron chi connectivity index (χ4n) is 2.49. The molecule has 0 bridgehead atoms. The van der Waals surface area contributed by atoms with Crippen molar-refractivity contribution in [1.82, 2.24) is 10.3 Å². The Balaban J connectivity index is 1.89. The Morgan fingerprint density at radius 1 is 1.22 bits per heavy atom. The van der Waals surface area contributed by atoms with Gasteiger partial charge in [0.2, 0.25) is 5.91 Å². The van der Waals surface area contributed by atoms with Crippen LogP contribution in [0.3, 0.4) is 0 Å². The van der Waals surface area contributed by atoms with Crippen molar-refractivity contribution < 1.29 is 9.53 Å². The van der Waals surface area contributed by atoms with Crippen LogP contribution in [0.5, 0.6) is 0 Å². The standard InChI is InChI=1S/C18H21ClN2O2/c1-13(18(23-2)15-4-6-16(19)7-5-15)21-17(22)8-3-14-9-11-20-12-10-14/h4-7,9-13,18H,3,8H2,1-2H3,(H,21,22)/t13-,18-/m1/s1. The van der Waals surface area contributed by atoms with Crippen LogP contribution in [0.15, 0.2) is 48.8 Å². The summed E-state index contributed by atoms with van der Waals surface area (Å²) in [5, 5.41) is 3.68. The molecule has 0 spiro atoms. The summed E-state index contributed by atoms with van der Waals surface area (Å²) in [6.07, 6.45) is 4.39. The number of nitrogens with zero attached hydrogens (tertiary/aromatic N) is 1. The Bertz CT molecular complexity index is 617. The first-order chi connectivity index (χ1) is 11.1. The normalized spacial score (nSPS) is 13.3. The summed E-state index contributed by atoms with van der Waals surface area (Å²) < 4.78 is 5.54. The van der Waals surface area contributed by atoms with Gasteiger partial charge in [-0.2, -0.15) is 0 Å². The van der Waals surface area contributed by atoms with Crippen LogP contribution in [0, 0.1) is 0 Å². The summed E-state index contributed by atoms with van der Waals surface area (Å²) in [6.45, 7) is 1.94. The second-order valence-electron chi connectivity index (χ2n) is 5.42. The third kappa shape index (κ3) is 5.34. The Morgan fingerprint density at radius 3 is 2.48 bits per heavy atom. The van der Waals surface area contributed by atoms with E-state index in [0.29, 0.717) is 17.9 Å². The predicted molar refractivity (Wildman–Crippen MR) is 91.4 cm³/mol. The van der Waals surface area contributed by atoms with Gasteiger partial charge in [-0.3, -0.25) is 9.78 Å². The van der Waals surface area contributed by atoms with Crippen molar-refractivity contribution in [3.05, 3.63) is 64.9 Å². The van der Waals surface area contributed by atoms with Gasteiger partial charge in [0.15, 0.2) is 0 Å². The molecule has 122 valence electrons. The van der Waals surface area contributed by atoms with Crippen LogP contribution in [0.1, 0.15) is 30.6 Å². The van der Waals surface area contributed by atoms with E-state index in [9.17, 15) is 4.79 Å². The molecule has 0 unspecified atom stereocenters. The van der Waals surface area contributed by atoms with Gasteiger partial charge in [0, 0.05) is 30.9 Å². The van der Waals surface area contributed by atoms with Crippen molar-refractivity contribution in [3.63, 3.8) is 0 Å². The first-order valence-electron chi connectivity index (χ1n) is 7.56. The zero-order chi connectivity index (χ0) is 16.7. The van der Waals surface area contributed by atoms with Crippen molar-refractivity contribution in [3.8, 4) is 0 Å². The van der Waals surface area contributed by atoms with E-state index in [1.807, 2.05) is 43.3 Å². The minimum atomic E-state index is -0.211. The van der Waals surface area contributed by atoms with Crippen LogP contribution in [0.25, 0.3) is 0 Å². The summed E-state index contributed by atoms with van der Waals surface area (Å²) in [4.78, 5) is 16.1. The summed E-state index contributed by atoms with van der Waals surface area (Å²) in [7, 11) is 1.64. The molecular formula is C18H21ClN2O2. The Hall–Kier alpha value is -1.91. The van der Waals surface area contributed by atoms with Crippen LogP contribution < -0.4 is 5.32 Å². The number of aromatic nitrogens is 1. The highest BCUT2D eigenvalue weighted by molar-refractivity contribution is 6.30. The molecule has 1 heterocycles. The molecular weight excluding hydrogens is 312 g/mol. The number of pyridine rings is 1. The van der Waals surface area contributed by atoms with E-state index in [1.54, 1.807) is 19.5 Å². The molecule has 0 aliphatic heterocycles. The molecule has 4 nitrogen and oxygen atoms in total. The van der Waals surface area contributed by atoms with E-state index in [2.05, 4.69) is 10.3 Å². The monoisotopic (exact) mass is 332 g/mol. The average Bonchev–Trinajstić information content (AvgIpc) is 2.56. The molecule has 0 saturated carbocycles. The van der Waals surface area contributed by atoms with E-state index in [1.165, 1.54) is 0 Å². The molecule has 0 aliphatic rings. The number of carbonyl (C=O) groups is 1. The van der Waals surface area contributed by atoms with Crippen LogP contribution in [-0.2, 0) is 16.0 Å². The number of nitrogens with one attached hydrogen (secondary N) is 1. The molecule has 1 N–H and O–H groups in total. The van der Waals surface area contributed by atoms with Crippen LogP contribution in [0.2, 0.25) is 5.02 Å². The third-order valence-corrected chi connectivity index (χ3v) is 3.94. The lowest BCUT2D eigenvalue weighted by Gasteiger charge is -2.24. The van der Waals surface area contributed by atoms with Gasteiger partial charge in [-0.15, -0.1) is 0 Å². The molecule has 23 heavy (non-hydrogen) atoms. The fourth-order valence-corrected chi connectivity index (χ4v) is 2.62. The van der Waals surface area contributed by atoms with Gasteiger partial charge in [0.05, 0.1) is 6.04 Å². The van der Waals surface area contributed by atoms with Gasteiger partial charge in [-0.25, -0.2) is 0 Å². The van der Waals surface area contributed by atoms with Crippen molar-refractivity contribution in [2.45, 2.75) is 31.9 Å². The lowest BCUT2D eigenvalue weighted by molar-refractivity contribution is -0.122. The number of hydrogen-bond acceptors (Lipinski definition) is 3. The van der Waals surface area contributed by atoms with Gasteiger partial charge in [0.1, 0.15) is 6.10 Å². The molecule has 0 saturated heterocycles. The number of hydrogen-bond donors (Lipinski definition) is 1. The molecule has 2 atom stereocenters. The zero-order valence-electron chi connectivity index (χ0n) is 13.3. The highest BCUT2D eigenvalue weighted by Crippen LogP contribution is 2.22. The topological polar surface area (TPSA) is 51.2 Å². The fraction of sp³-hybridized carbons (Fsp3) is 0.333. The van der Waals surface area contributed by atoms with Gasteiger partial charge in [0.25, 0.3) is 0 Å². The van der Waals surface area contributed by atoms with Gasteiger partial charge >= 0.3 is 0 Å². The van der Waals surface area contributed by atoms with Gasteiger partial charge in [-0.1, -0.05) is 23.7 Å². The number of halogens is 1. The molecule has 2 aromatic rings. The first-order valence-corrected chi connectivity index (χ1v) is 7.94. The van der Waals surface area contributed by atoms with Gasteiger partial charge < -0.3 is 10.1 Å². The first kappa shape index (κ1) is 17.4. The number of rotatable bonds is 7. The lowest BCUT2D eigenvalue weighted by atomic mass is 10.0. The molecule has 0 radical (unpaired) electrons. The largest absolute Gasteiger partial charge is 0.375 e. The summed E-state index contributed by atoms with van der Waals surface area (Å²) in [5.41, 5.74) is 2.09. The zero-order valence-corrected chi connectivity index (χ0v) is 14.1. The Morgan fingerprint density at radius 2 is 1.87 bits per heavy atom. The number of methoxy groups -OCH3 is 1. The second kappa shape index (κ2) is 8.65. The van der Waals surface area contributed by atoms with Crippen LogP contribution >= 0.6 is 11.6 Å². The summed E-state index contributed by atoms with van der Waals surface area (Å²) in [6, 6.07) is 11.2. The molecule has 0 fully saturated rings. The number of ether oxygens (including phenoxy) is 1. The van der Waals surface area contributed by atoms with E-state index < -0.39 is 0 Å². The van der Waals surface area contributed by atoms with Crippen molar-refractivity contribution in [2.24, 2.45) is 0 Å². The van der Waals surface area contributed by atoms with E-state index in [4.69, 9.17) is 16.3 Å².